The average molecular weight is 351 g/mol. The van der Waals surface area contributed by atoms with Crippen LogP contribution in [0.5, 0.6) is 0 Å². The van der Waals surface area contributed by atoms with E-state index in [1.807, 2.05) is 31.2 Å². The summed E-state index contributed by atoms with van der Waals surface area (Å²) in [5.41, 5.74) is 2.19. The summed E-state index contributed by atoms with van der Waals surface area (Å²) in [6.07, 6.45) is 4.18. The summed E-state index contributed by atoms with van der Waals surface area (Å²) in [5.74, 6) is -1.13. The van der Waals surface area contributed by atoms with E-state index in [1.165, 1.54) is 18.6 Å². The van der Waals surface area contributed by atoms with Crippen molar-refractivity contribution in [3.8, 4) is 0 Å². The molecule has 0 spiro atoms. The van der Waals surface area contributed by atoms with Crippen molar-refractivity contribution in [2.24, 2.45) is 0 Å². The number of pyridine rings is 1. The highest BCUT2D eigenvalue weighted by Gasteiger charge is 2.21. The summed E-state index contributed by atoms with van der Waals surface area (Å²) in [5, 5.41) is 0.847. The van der Waals surface area contributed by atoms with Crippen LogP contribution < -0.4 is 0 Å². The van der Waals surface area contributed by atoms with Crippen LogP contribution >= 0.6 is 0 Å². The maximum absolute atomic E-state index is 12.4. The van der Waals surface area contributed by atoms with Crippen molar-refractivity contribution in [3.05, 3.63) is 65.4 Å². The number of carbonyl (C=O) groups excluding carboxylic acids is 2. The normalized spacial score (nSPS) is 10.5. The van der Waals surface area contributed by atoms with Crippen LogP contribution in [0.25, 0.3) is 10.9 Å². The Hall–Kier alpha value is -3.35. The molecule has 2 aromatic heterocycles. The molecule has 0 unspecified atom stereocenters. The van der Waals surface area contributed by atoms with Gasteiger partial charge in [-0.25, -0.2) is 19.6 Å². The Balaban J connectivity index is 1.96. The molecule has 0 fully saturated rings. The molecule has 1 aromatic carbocycles. The minimum Gasteiger partial charge on any atom is -0.462 e. The van der Waals surface area contributed by atoms with Crippen molar-refractivity contribution in [1.82, 2.24) is 15.0 Å². The van der Waals surface area contributed by atoms with Gasteiger partial charge in [-0.2, -0.15) is 0 Å². The number of benzene rings is 1. The zero-order chi connectivity index (χ0) is 18.5. The van der Waals surface area contributed by atoms with Crippen molar-refractivity contribution >= 4 is 22.8 Å². The van der Waals surface area contributed by atoms with Gasteiger partial charge in [0.05, 0.1) is 29.6 Å². The topological polar surface area (TPSA) is 91.3 Å². The van der Waals surface area contributed by atoms with E-state index < -0.39 is 11.9 Å². The van der Waals surface area contributed by atoms with Gasteiger partial charge in [0.1, 0.15) is 6.61 Å². The van der Waals surface area contributed by atoms with Gasteiger partial charge in [0.25, 0.3) is 0 Å². The Morgan fingerprint density at radius 1 is 1.08 bits per heavy atom. The minimum absolute atomic E-state index is 0.0858. The Labute approximate surface area is 150 Å². The molecule has 0 N–H and O–H groups in total. The molecule has 0 saturated carbocycles. The number of para-hydroxylation sites is 1. The second-order valence-corrected chi connectivity index (χ2v) is 5.46. The lowest BCUT2D eigenvalue weighted by Crippen LogP contribution is -2.15. The van der Waals surface area contributed by atoms with Gasteiger partial charge in [0, 0.05) is 17.8 Å². The standard InChI is InChI=1S/C19H17N3O4/c1-3-25-19(24)17-12(2)13-6-4-5-7-14(13)22-16(17)11-26-18(23)15-10-20-8-9-21-15/h4-10H,3,11H2,1-2H3. The Bertz CT molecular complexity index is 958. The maximum atomic E-state index is 12.4. The van der Waals surface area contributed by atoms with Crippen LogP contribution in [0.4, 0.5) is 0 Å². The lowest BCUT2D eigenvalue weighted by atomic mass is 10.0. The van der Waals surface area contributed by atoms with Crippen molar-refractivity contribution in [1.29, 1.82) is 0 Å². The van der Waals surface area contributed by atoms with Gasteiger partial charge in [0.2, 0.25) is 0 Å². The van der Waals surface area contributed by atoms with Crippen LogP contribution in [0.15, 0.2) is 42.9 Å². The van der Waals surface area contributed by atoms with E-state index in [0.717, 1.165) is 10.9 Å². The van der Waals surface area contributed by atoms with Crippen LogP contribution in [0.2, 0.25) is 0 Å². The highest BCUT2D eigenvalue weighted by atomic mass is 16.5. The van der Waals surface area contributed by atoms with E-state index in [-0.39, 0.29) is 18.9 Å². The lowest BCUT2D eigenvalue weighted by Gasteiger charge is -2.14. The zero-order valence-electron chi connectivity index (χ0n) is 14.4. The molecule has 3 rings (SSSR count). The first-order valence-electron chi connectivity index (χ1n) is 8.10. The molecule has 7 heteroatoms. The third kappa shape index (κ3) is 3.51. The number of aromatic nitrogens is 3. The van der Waals surface area contributed by atoms with E-state index in [0.29, 0.717) is 16.8 Å². The van der Waals surface area contributed by atoms with Crippen LogP contribution in [-0.4, -0.2) is 33.5 Å². The number of ether oxygens (including phenoxy) is 2. The van der Waals surface area contributed by atoms with Crippen LogP contribution in [0.3, 0.4) is 0 Å². The van der Waals surface area contributed by atoms with E-state index in [9.17, 15) is 9.59 Å². The SMILES string of the molecule is CCOC(=O)c1c(COC(=O)c2cnccn2)nc2ccccc2c1C. The van der Waals surface area contributed by atoms with E-state index in [2.05, 4.69) is 15.0 Å². The number of rotatable bonds is 5. The van der Waals surface area contributed by atoms with Gasteiger partial charge in [0.15, 0.2) is 5.69 Å². The van der Waals surface area contributed by atoms with Gasteiger partial charge < -0.3 is 9.47 Å². The molecule has 0 atom stereocenters. The number of fused-ring (bicyclic) bond motifs is 1. The number of aryl methyl sites for hydroxylation is 1. The molecule has 0 aliphatic rings. The van der Waals surface area contributed by atoms with Gasteiger partial charge >= 0.3 is 11.9 Å². The van der Waals surface area contributed by atoms with E-state index in [4.69, 9.17) is 9.47 Å². The highest BCUT2D eigenvalue weighted by Crippen LogP contribution is 2.24. The summed E-state index contributed by atoms with van der Waals surface area (Å²) < 4.78 is 10.4. The summed E-state index contributed by atoms with van der Waals surface area (Å²) in [6, 6.07) is 7.45. The predicted molar refractivity (Wildman–Crippen MR) is 93.6 cm³/mol. The van der Waals surface area contributed by atoms with Crippen molar-refractivity contribution in [2.45, 2.75) is 20.5 Å². The molecular formula is C19H17N3O4. The monoisotopic (exact) mass is 351 g/mol. The van der Waals surface area contributed by atoms with Gasteiger partial charge in [-0.1, -0.05) is 18.2 Å². The fourth-order valence-electron chi connectivity index (χ4n) is 2.63. The zero-order valence-corrected chi connectivity index (χ0v) is 14.4. The van der Waals surface area contributed by atoms with Crippen molar-refractivity contribution in [2.75, 3.05) is 6.61 Å². The fourth-order valence-corrected chi connectivity index (χ4v) is 2.63. The summed E-state index contributed by atoms with van der Waals surface area (Å²) in [4.78, 5) is 36.7. The van der Waals surface area contributed by atoms with Gasteiger partial charge in [-0.05, 0) is 25.5 Å². The molecule has 0 saturated heterocycles. The Morgan fingerprint density at radius 3 is 2.62 bits per heavy atom. The van der Waals surface area contributed by atoms with Crippen LogP contribution in [0.1, 0.15) is 39.0 Å². The number of esters is 2. The molecular weight excluding hydrogens is 334 g/mol. The minimum atomic E-state index is -0.638. The first-order valence-corrected chi connectivity index (χ1v) is 8.10. The van der Waals surface area contributed by atoms with Crippen molar-refractivity contribution < 1.29 is 19.1 Å². The van der Waals surface area contributed by atoms with E-state index >= 15 is 0 Å². The molecule has 0 bridgehead atoms. The molecule has 0 radical (unpaired) electrons. The first-order chi connectivity index (χ1) is 12.6. The fraction of sp³-hybridized carbons (Fsp3) is 0.211. The number of carbonyl (C=O) groups is 2. The summed E-state index contributed by atoms with van der Waals surface area (Å²) in [6.45, 7) is 3.62. The second-order valence-electron chi connectivity index (χ2n) is 5.46. The molecule has 2 heterocycles. The second kappa shape index (κ2) is 7.69. The molecule has 0 aliphatic carbocycles. The predicted octanol–water partition coefficient (Wildman–Crippen LogP) is 2.87. The largest absolute Gasteiger partial charge is 0.462 e. The van der Waals surface area contributed by atoms with E-state index in [1.54, 1.807) is 6.92 Å². The van der Waals surface area contributed by atoms with Crippen molar-refractivity contribution in [3.63, 3.8) is 0 Å². The van der Waals surface area contributed by atoms with Gasteiger partial charge in [-0.15, -0.1) is 0 Å². The third-order valence-corrected chi connectivity index (χ3v) is 3.82. The molecule has 0 amide bonds. The quantitative estimate of drug-likeness (QED) is 0.653. The molecule has 132 valence electrons. The van der Waals surface area contributed by atoms with Crippen LogP contribution in [0, 0.1) is 6.92 Å². The summed E-state index contributed by atoms with van der Waals surface area (Å²) in [7, 11) is 0. The average Bonchev–Trinajstić information content (AvgIpc) is 2.67. The first kappa shape index (κ1) is 17.5. The number of hydrogen-bond acceptors (Lipinski definition) is 7. The molecule has 0 aliphatic heterocycles. The molecule has 7 nitrogen and oxygen atoms in total. The molecule has 26 heavy (non-hydrogen) atoms. The smallest absolute Gasteiger partial charge is 0.358 e. The Morgan fingerprint density at radius 2 is 1.88 bits per heavy atom. The third-order valence-electron chi connectivity index (χ3n) is 3.82. The van der Waals surface area contributed by atoms with Gasteiger partial charge in [-0.3, -0.25) is 4.98 Å². The number of nitrogens with zero attached hydrogens (tertiary/aromatic N) is 3. The Kier molecular flexibility index (Phi) is 5.17. The molecule has 3 aromatic rings. The van der Waals surface area contributed by atoms with Crippen LogP contribution in [-0.2, 0) is 16.1 Å². The number of hydrogen-bond donors (Lipinski definition) is 0. The highest BCUT2D eigenvalue weighted by molar-refractivity contribution is 5.98. The maximum Gasteiger partial charge on any atom is 0.358 e. The lowest BCUT2D eigenvalue weighted by molar-refractivity contribution is 0.0438. The summed E-state index contributed by atoms with van der Waals surface area (Å²) >= 11 is 0.